The highest BCUT2D eigenvalue weighted by Crippen LogP contribution is 2.32. The van der Waals surface area contributed by atoms with Gasteiger partial charge in [0.1, 0.15) is 30.5 Å². The minimum absolute atomic E-state index is 0.0837. The summed E-state index contributed by atoms with van der Waals surface area (Å²) in [6, 6.07) is 10.8. The van der Waals surface area contributed by atoms with Crippen LogP contribution in [0.2, 0.25) is 5.02 Å². The van der Waals surface area contributed by atoms with Gasteiger partial charge in [-0.1, -0.05) is 28.9 Å². The number of aromatic nitrogens is 1. The van der Waals surface area contributed by atoms with Gasteiger partial charge < -0.3 is 23.5 Å². The Kier molecular flexibility index (Phi) is 6.44. The molecule has 1 aromatic heterocycles. The summed E-state index contributed by atoms with van der Waals surface area (Å²) in [5, 5.41) is 4.46. The van der Waals surface area contributed by atoms with Crippen molar-refractivity contribution in [2.75, 3.05) is 6.79 Å². The van der Waals surface area contributed by atoms with Gasteiger partial charge >= 0.3 is 5.97 Å². The molecule has 0 unspecified atom stereocenters. The van der Waals surface area contributed by atoms with Crippen molar-refractivity contribution >= 4 is 17.6 Å². The monoisotopic (exact) mass is 443 g/mol. The summed E-state index contributed by atoms with van der Waals surface area (Å²) in [6.45, 7) is 4.78. The lowest BCUT2D eigenvalue weighted by atomic mass is 10.1. The highest BCUT2D eigenvalue weighted by atomic mass is 35.5. The summed E-state index contributed by atoms with van der Waals surface area (Å²) in [5.74, 6) is 1.77. The predicted molar refractivity (Wildman–Crippen MR) is 112 cm³/mol. The fourth-order valence-electron chi connectivity index (χ4n) is 3.31. The van der Waals surface area contributed by atoms with Crippen LogP contribution in [0.4, 0.5) is 0 Å². The second-order valence-corrected chi connectivity index (χ2v) is 7.67. The molecule has 2 heterocycles. The van der Waals surface area contributed by atoms with E-state index in [0.717, 1.165) is 33.7 Å². The third kappa shape index (κ3) is 5.18. The van der Waals surface area contributed by atoms with Gasteiger partial charge in [0, 0.05) is 16.1 Å². The highest BCUT2D eigenvalue weighted by Gasteiger charge is 2.18. The Balaban J connectivity index is 1.31. The molecule has 0 radical (unpaired) electrons. The lowest BCUT2D eigenvalue weighted by Crippen LogP contribution is -2.15. The van der Waals surface area contributed by atoms with Gasteiger partial charge in [0.15, 0.2) is 6.79 Å². The molecule has 31 heavy (non-hydrogen) atoms. The number of hydrogen-bond acceptors (Lipinski definition) is 7. The number of nitrogens with zero attached hydrogens (tertiary/aromatic N) is 1. The van der Waals surface area contributed by atoms with Crippen LogP contribution < -0.4 is 9.47 Å². The first-order chi connectivity index (χ1) is 15.0. The zero-order valence-corrected chi connectivity index (χ0v) is 18.0. The van der Waals surface area contributed by atoms with E-state index in [0.29, 0.717) is 29.7 Å². The van der Waals surface area contributed by atoms with Crippen LogP contribution in [0.1, 0.15) is 33.7 Å². The van der Waals surface area contributed by atoms with Crippen LogP contribution in [-0.4, -0.2) is 17.9 Å². The molecule has 8 heteroatoms. The fraction of sp³-hybridized carbons (Fsp3) is 0.304. The Bertz CT molecular complexity index is 1060. The molecule has 162 valence electrons. The minimum atomic E-state index is -0.342. The molecule has 3 aromatic rings. The Morgan fingerprint density at radius 1 is 1.16 bits per heavy atom. The van der Waals surface area contributed by atoms with Crippen molar-refractivity contribution < 1.29 is 28.3 Å². The molecule has 1 aliphatic rings. The van der Waals surface area contributed by atoms with Crippen molar-refractivity contribution in [1.29, 1.82) is 0 Å². The number of benzene rings is 2. The highest BCUT2D eigenvalue weighted by molar-refractivity contribution is 6.30. The fourth-order valence-corrected chi connectivity index (χ4v) is 3.57. The lowest BCUT2D eigenvalue weighted by molar-refractivity contribution is -0.144. The van der Waals surface area contributed by atoms with Crippen LogP contribution in [0.3, 0.4) is 0 Å². The number of hydrogen-bond donors (Lipinski definition) is 0. The average molecular weight is 444 g/mol. The van der Waals surface area contributed by atoms with Gasteiger partial charge in [-0.2, -0.15) is 0 Å². The van der Waals surface area contributed by atoms with E-state index in [9.17, 15) is 4.79 Å². The maximum absolute atomic E-state index is 12.3. The van der Waals surface area contributed by atoms with Crippen LogP contribution in [0.5, 0.6) is 11.5 Å². The van der Waals surface area contributed by atoms with E-state index < -0.39 is 0 Å². The molecule has 2 aromatic carbocycles. The molecule has 0 spiro atoms. The van der Waals surface area contributed by atoms with Crippen molar-refractivity contribution in [1.82, 2.24) is 5.16 Å². The van der Waals surface area contributed by atoms with Crippen LogP contribution in [-0.2, 0) is 40.5 Å². The molecule has 0 atom stereocenters. The van der Waals surface area contributed by atoms with Crippen LogP contribution in [0.25, 0.3) is 0 Å². The van der Waals surface area contributed by atoms with Crippen molar-refractivity contribution in [3.05, 3.63) is 75.1 Å². The maximum Gasteiger partial charge on any atom is 0.310 e. The Morgan fingerprint density at radius 2 is 1.97 bits per heavy atom. The molecule has 0 saturated heterocycles. The van der Waals surface area contributed by atoms with Gasteiger partial charge in [0.05, 0.1) is 24.3 Å². The van der Waals surface area contributed by atoms with E-state index in [1.54, 1.807) is 12.1 Å². The van der Waals surface area contributed by atoms with Crippen molar-refractivity contribution in [3.63, 3.8) is 0 Å². The standard InChI is InChI=1S/C23H22ClNO6/c1-14-21(15(2)31-25-14)12-28-20-5-3-16(4-6-20)7-22(26)29-11-18-9-19(24)8-17-10-27-13-30-23(17)18/h3-6,8-9H,7,10-13H2,1-2H3. The van der Waals surface area contributed by atoms with E-state index >= 15 is 0 Å². The zero-order valence-electron chi connectivity index (χ0n) is 17.3. The number of aryl methyl sites for hydroxylation is 2. The van der Waals surface area contributed by atoms with Gasteiger partial charge in [-0.05, 0) is 43.7 Å². The number of carbonyl (C=O) groups excluding carboxylic acids is 1. The topological polar surface area (TPSA) is 80.0 Å². The van der Waals surface area contributed by atoms with Gasteiger partial charge in [-0.25, -0.2) is 0 Å². The molecule has 7 nitrogen and oxygen atoms in total. The second kappa shape index (κ2) is 9.41. The van der Waals surface area contributed by atoms with Crippen LogP contribution >= 0.6 is 11.6 Å². The number of halogens is 1. The average Bonchev–Trinajstić information content (AvgIpc) is 3.08. The van der Waals surface area contributed by atoms with E-state index in [1.807, 2.05) is 38.1 Å². The lowest BCUT2D eigenvalue weighted by Gasteiger charge is -2.21. The van der Waals surface area contributed by atoms with Gasteiger partial charge in [0.2, 0.25) is 0 Å². The molecular formula is C23H22ClNO6. The number of rotatable bonds is 7. The largest absolute Gasteiger partial charge is 0.489 e. The first-order valence-corrected chi connectivity index (χ1v) is 10.2. The van der Waals surface area contributed by atoms with Crippen molar-refractivity contribution in [3.8, 4) is 11.5 Å². The molecular weight excluding hydrogens is 422 g/mol. The first kappa shape index (κ1) is 21.2. The van der Waals surface area contributed by atoms with Gasteiger partial charge in [0.25, 0.3) is 0 Å². The zero-order chi connectivity index (χ0) is 21.8. The van der Waals surface area contributed by atoms with Crippen molar-refractivity contribution in [2.45, 2.75) is 40.1 Å². The van der Waals surface area contributed by atoms with Crippen LogP contribution in [0.15, 0.2) is 40.9 Å². The second-order valence-electron chi connectivity index (χ2n) is 7.24. The number of esters is 1. The first-order valence-electron chi connectivity index (χ1n) is 9.80. The molecule has 4 rings (SSSR count). The summed E-state index contributed by atoms with van der Waals surface area (Å²) < 4.78 is 27.2. The van der Waals surface area contributed by atoms with E-state index in [1.165, 1.54) is 0 Å². The predicted octanol–water partition coefficient (Wildman–Crippen LogP) is 4.68. The van der Waals surface area contributed by atoms with E-state index in [4.69, 9.17) is 35.1 Å². The summed E-state index contributed by atoms with van der Waals surface area (Å²) in [6.07, 6.45) is 0.150. The van der Waals surface area contributed by atoms with Gasteiger partial charge in [-0.3, -0.25) is 4.79 Å². The SMILES string of the molecule is Cc1noc(C)c1COc1ccc(CC(=O)OCc2cc(Cl)cc3c2OCOC3)cc1. The minimum Gasteiger partial charge on any atom is -0.489 e. The van der Waals surface area contributed by atoms with Crippen LogP contribution in [0, 0.1) is 13.8 Å². The molecule has 0 bridgehead atoms. The maximum atomic E-state index is 12.3. The summed E-state index contributed by atoms with van der Waals surface area (Å²) in [5.41, 5.74) is 4.15. The quantitative estimate of drug-likeness (QED) is 0.490. The Hall–Kier alpha value is -3.03. The third-order valence-corrected chi connectivity index (χ3v) is 5.19. The summed E-state index contributed by atoms with van der Waals surface area (Å²) in [7, 11) is 0. The summed E-state index contributed by atoms with van der Waals surface area (Å²) >= 11 is 6.15. The number of fused-ring (bicyclic) bond motifs is 1. The number of carbonyl (C=O) groups is 1. The molecule has 0 N–H and O–H groups in total. The normalized spacial score (nSPS) is 12.7. The molecule has 0 saturated carbocycles. The van der Waals surface area contributed by atoms with Gasteiger partial charge in [-0.15, -0.1) is 0 Å². The Morgan fingerprint density at radius 3 is 2.71 bits per heavy atom. The molecule has 0 aliphatic carbocycles. The third-order valence-electron chi connectivity index (χ3n) is 4.98. The van der Waals surface area contributed by atoms with E-state index in [2.05, 4.69) is 5.16 Å². The Labute approximate surface area is 184 Å². The van der Waals surface area contributed by atoms with E-state index in [-0.39, 0.29) is 25.8 Å². The molecule has 0 fully saturated rings. The molecule has 0 amide bonds. The van der Waals surface area contributed by atoms with Crippen molar-refractivity contribution in [2.24, 2.45) is 0 Å². The number of ether oxygens (including phenoxy) is 4. The summed E-state index contributed by atoms with van der Waals surface area (Å²) in [4.78, 5) is 12.3. The smallest absolute Gasteiger partial charge is 0.310 e. The molecule has 1 aliphatic heterocycles.